The normalized spacial score (nSPS) is 10.4. The summed E-state index contributed by atoms with van der Waals surface area (Å²) in [7, 11) is 0. The lowest BCUT2D eigenvalue weighted by atomic mass is 10.1. The lowest BCUT2D eigenvalue weighted by molar-refractivity contribution is 0.0955. The van der Waals surface area contributed by atoms with Gasteiger partial charge >= 0.3 is 0 Å². The molecule has 0 radical (unpaired) electrons. The molecule has 5 heteroatoms. The number of amides is 1. The van der Waals surface area contributed by atoms with Crippen molar-refractivity contribution < 1.29 is 9.90 Å². The molecule has 0 saturated carbocycles. The standard InChI is InChI=1S/C25H21ClN2O2/c26-23-17-22(15-16-24(23)29)25(30)28-27-18-21-13-11-20(12-14-21)10-6-2-5-9-19-7-3-1-4-8-19/h1,3-4,7-8,11-18,29H,2,5,9H2,(H,28,30)/b27-18+. The summed E-state index contributed by atoms with van der Waals surface area (Å²) in [6.45, 7) is 0. The van der Waals surface area contributed by atoms with Gasteiger partial charge in [0.2, 0.25) is 0 Å². The maximum absolute atomic E-state index is 12.0. The van der Waals surface area contributed by atoms with Crippen LogP contribution in [0.3, 0.4) is 0 Å². The van der Waals surface area contributed by atoms with Crippen molar-refractivity contribution >= 4 is 23.7 Å². The highest BCUT2D eigenvalue weighted by molar-refractivity contribution is 6.32. The molecule has 0 atom stereocenters. The predicted molar refractivity (Wildman–Crippen MR) is 121 cm³/mol. The van der Waals surface area contributed by atoms with Crippen LogP contribution in [-0.2, 0) is 6.42 Å². The van der Waals surface area contributed by atoms with E-state index in [9.17, 15) is 9.90 Å². The number of phenols is 1. The second kappa shape index (κ2) is 10.8. The molecule has 0 bridgehead atoms. The number of nitrogens with one attached hydrogen (secondary N) is 1. The topological polar surface area (TPSA) is 61.7 Å². The van der Waals surface area contributed by atoms with Crippen LogP contribution in [0.2, 0.25) is 5.02 Å². The number of hydrazone groups is 1. The van der Waals surface area contributed by atoms with Gasteiger partial charge in [0.25, 0.3) is 5.91 Å². The first-order valence-corrected chi connectivity index (χ1v) is 9.94. The molecular formula is C25H21ClN2O2. The Morgan fingerprint density at radius 2 is 1.83 bits per heavy atom. The van der Waals surface area contributed by atoms with Gasteiger partial charge in [0.15, 0.2) is 0 Å². The Balaban J connectivity index is 1.46. The van der Waals surface area contributed by atoms with Crippen molar-refractivity contribution in [3.8, 4) is 17.6 Å². The van der Waals surface area contributed by atoms with Crippen LogP contribution in [0.1, 0.15) is 39.9 Å². The fourth-order valence-corrected chi connectivity index (χ4v) is 2.90. The molecule has 30 heavy (non-hydrogen) atoms. The molecular weight excluding hydrogens is 396 g/mol. The average molecular weight is 417 g/mol. The van der Waals surface area contributed by atoms with Crippen LogP contribution < -0.4 is 5.43 Å². The van der Waals surface area contributed by atoms with Gasteiger partial charge < -0.3 is 5.11 Å². The number of hydrogen-bond acceptors (Lipinski definition) is 3. The van der Waals surface area contributed by atoms with Crippen molar-refractivity contribution in [2.45, 2.75) is 19.3 Å². The van der Waals surface area contributed by atoms with Crippen LogP contribution in [0.15, 0.2) is 77.9 Å². The van der Waals surface area contributed by atoms with E-state index in [0.29, 0.717) is 5.56 Å². The molecule has 0 aliphatic heterocycles. The van der Waals surface area contributed by atoms with Crippen LogP contribution >= 0.6 is 11.6 Å². The van der Waals surface area contributed by atoms with Crippen LogP contribution in [0.25, 0.3) is 0 Å². The van der Waals surface area contributed by atoms with Gasteiger partial charge in [0.1, 0.15) is 5.75 Å². The van der Waals surface area contributed by atoms with Gasteiger partial charge in [-0.25, -0.2) is 5.43 Å². The third-order valence-electron chi connectivity index (χ3n) is 4.34. The predicted octanol–water partition coefficient (Wildman–Crippen LogP) is 5.18. The van der Waals surface area contributed by atoms with Crippen LogP contribution in [-0.4, -0.2) is 17.2 Å². The Bertz CT molecular complexity index is 1080. The lowest BCUT2D eigenvalue weighted by Gasteiger charge is -2.02. The highest BCUT2D eigenvalue weighted by Gasteiger charge is 2.07. The number of aromatic hydroxyl groups is 1. The van der Waals surface area contributed by atoms with Crippen molar-refractivity contribution in [2.24, 2.45) is 5.10 Å². The van der Waals surface area contributed by atoms with Crippen LogP contribution in [0.5, 0.6) is 5.75 Å². The first kappa shape index (κ1) is 21.2. The molecule has 0 unspecified atom stereocenters. The highest BCUT2D eigenvalue weighted by Crippen LogP contribution is 2.23. The maximum atomic E-state index is 12.0. The average Bonchev–Trinajstić information content (AvgIpc) is 2.77. The molecule has 0 aromatic heterocycles. The molecule has 0 spiro atoms. The van der Waals surface area contributed by atoms with Crippen molar-refractivity contribution in [2.75, 3.05) is 0 Å². The van der Waals surface area contributed by atoms with E-state index in [2.05, 4.69) is 46.6 Å². The summed E-state index contributed by atoms with van der Waals surface area (Å²) >= 11 is 5.80. The minimum Gasteiger partial charge on any atom is -0.506 e. The molecule has 0 saturated heterocycles. The molecule has 0 aliphatic rings. The zero-order chi connectivity index (χ0) is 21.2. The monoisotopic (exact) mass is 416 g/mol. The van der Waals surface area contributed by atoms with Crippen LogP contribution in [0.4, 0.5) is 0 Å². The summed E-state index contributed by atoms with van der Waals surface area (Å²) in [5.74, 6) is 5.89. The second-order valence-electron chi connectivity index (χ2n) is 6.63. The van der Waals surface area contributed by atoms with Gasteiger partial charge in [-0.1, -0.05) is 65.9 Å². The smallest absolute Gasteiger partial charge is 0.271 e. The molecule has 3 rings (SSSR count). The minimum atomic E-state index is -0.411. The number of halogens is 1. The minimum absolute atomic E-state index is 0.0731. The van der Waals surface area contributed by atoms with E-state index in [-0.39, 0.29) is 10.8 Å². The number of hydrogen-bond donors (Lipinski definition) is 2. The fourth-order valence-electron chi connectivity index (χ4n) is 2.72. The number of nitrogens with zero attached hydrogens (tertiary/aromatic N) is 1. The number of carbonyl (C=O) groups excluding carboxylic acids is 1. The van der Waals surface area contributed by atoms with Crippen molar-refractivity contribution in [3.63, 3.8) is 0 Å². The zero-order valence-electron chi connectivity index (χ0n) is 16.3. The van der Waals surface area contributed by atoms with Gasteiger partial charge in [-0.2, -0.15) is 5.10 Å². The maximum Gasteiger partial charge on any atom is 0.271 e. The van der Waals surface area contributed by atoms with Crippen molar-refractivity contribution in [1.29, 1.82) is 0 Å². The van der Waals surface area contributed by atoms with E-state index >= 15 is 0 Å². The van der Waals surface area contributed by atoms with E-state index in [1.807, 2.05) is 30.3 Å². The van der Waals surface area contributed by atoms with E-state index in [1.165, 1.54) is 23.8 Å². The molecule has 4 nitrogen and oxygen atoms in total. The third kappa shape index (κ3) is 6.51. The Hall–Kier alpha value is -3.55. The summed E-state index contributed by atoms with van der Waals surface area (Å²) in [5, 5.41) is 13.5. The van der Waals surface area contributed by atoms with Crippen LogP contribution in [0, 0.1) is 11.8 Å². The summed E-state index contributed by atoms with van der Waals surface area (Å²) < 4.78 is 0. The second-order valence-corrected chi connectivity index (χ2v) is 7.04. The number of carbonyl (C=O) groups is 1. The number of phenolic OH excluding ortho intramolecular Hbond substituents is 1. The Morgan fingerprint density at radius 1 is 1.07 bits per heavy atom. The van der Waals surface area contributed by atoms with Gasteiger partial charge in [-0.3, -0.25) is 4.79 Å². The summed E-state index contributed by atoms with van der Waals surface area (Å²) in [5.41, 5.74) is 5.86. The fraction of sp³-hybridized carbons (Fsp3) is 0.120. The van der Waals surface area contributed by atoms with Gasteiger partial charge in [-0.15, -0.1) is 0 Å². The number of unbranched alkanes of at least 4 members (excludes halogenated alkanes) is 1. The van der Waals surface area contributed by atoms with E-state index in [0.717, 1.165) is 30.4 Å². The quantitative estimate of drug-likeness (QED) is 0.251. The molecule has 150 valence electrons. The van der Waals surface area contributed by atoms with Crippen molar-refractivity contribution in [3.05, 3.63) is 100 Å². The van der Waals surface area contributed by atoms with E-state index in [4.69, 9.17) is 11.6 Å². The molecule has 3 aromatic rings. The molecule has 0 heterocycles. The third-order valence-corrected chi connectivity index (χ3v) is 4.65. The first-order valence-electron chi connectivity index (χ1n) is 9.56. The SMILES string of the molecule is O=C(N/N=C/c1ccc(C#CCCCc2ccccc2)cc1)c1ccc(O)c(Cl)c1. The van der Waals surface area contributed by atoms with Gasteiger partial charge in [-0.05, 0) is 54.3 Å². The Kier molecular flexibility index (Phi) is 7.65. The van der Waals surface area contributed by atoms with Gasteiger partial charge in [0.05, 0.1) is 11.2 Å². The lowest BCUT2D eigenvalue weighted by Crippen LogP contribution is -2.17. The molecule has 2 N–H and O–H groups in total. The molecule has 0 aliphatic carbocycles. The molecule has 3 aromatic carbocycles. The van der Waals surface area contributed by atoms with Crippen molar-refractivity contribution in [1.82, 2.24) is 5.43 Å². The summed E-state index contributed by atoms with van der Waals surface area (Å²) in [4.78, 5) is 12.0. The summed E-state index contributed by atoms with van der Waals surface area (Å²) in [6, 6.07) is 22.3. The Labute approximate surface area is 181 Å². The highest BCUT2D eigenvalue weighted by atomic mass is 35.5. The largest absolute Gasteiger partial charge is 0.506 e. The van der Waals surface area contributed by atoms with E-state index < -0.39 is 5.91 Å². The Morgan fingerprint density at radius 3 is 2.57 bits per heavy atom. The summed E-state index contributed by atoms with van der Waals surface area (Å²) in [6.07, 6.45) is 4.48. The van der Waals surface area contributed by atoms with Gasteiger partial charge in [0, 0.05) is 17.5 Å². The number of aryl methyl sites for hydroxylation is 1. The zero-order valence-corrected chi connectivity index (χ0v) is 17.1. The molecule has 0 fully saturated rings. The van der Waals surface area contributed by atoms with E-state index in [1.54, 1.807) is 6.21 Å². The first-order chi connectivity index (χ1) is 14.6. The number of benzene rings is 3. The number of rotatable bonds is 6. The molecule has 1 amide bonds.